The fourth-order valence-electron chi connectivity index (χ4n) is 1.87. The van der Waals surface area contributed by atoms with Gasteiger partial charge in [0.05, 0.1) is 25.8 Å². The van der Waals surface area contributed by atoms with Crippen molar-refractivity contribution in [1.82, 2.24) is 15.8 Å². The smallest absolute Gasteiger partial charge is 0.352 e. The van der Waals surface area contributed by atoms with Gasteiger partial charge in [-0.2, -0.15) is 18.7 Å². The summed E-state index contributed by atoms with van der Waals surface area (Å²) in [7, 11) is 1.52. The molecule has 2 aromatic rings. The van der Waals surface area contributed by atoms with Crippen LogP contribution in [0.5, 0.6) is 0 Å². The number of nitrogens with one attached hydrogen (secondary N) is 2. The molecule has 0 saturated heterocycles. The molecule has 1 aromatic carbocycles. The van der Waals surface area contributed by atoms with Crippen molar-refractivity contribution in [2.24, 2.45) is 0 Å². The van der Waals surface area contributed by atoms with Crippen molar-refractivity contribution >= 4 is 17.2 Å². The van der Waals surface area contributed by atoms with Crippen LogP contribution in [-0.2, 0) is 11.4 Å². The highest BCUT2D eigenvalue weighted by Crippen LogP contribution is 2.22. The summed E-state index contributed by atoms with van der Waals surface area (Å²) in [6.45, 7) is 0.0485. The Balaban J connectivity index is 1.94. The largest absolute Gasteiger partial charge is 0.390 e. The van der Waals surface area contributed by atoms with Crippen LogP contribution < -0.4 is 10.8 Å². The SMILES string of the molecule is CONCc1nc(-c2ccc(C(=O)NCCC(F)(F)F)cc2)cs1. The first-order valence-electron chi connectivity index (χ1n) is 7.04. The number of amides is 1. The van der Waals surface area contributed by atoms with E-state index < -0.39 is 25.0 Å². The van der Waals surface area contributed by atoms with Gasteiger partial charge in [-0.05, 0) is 12.1 Å². The zero-order chi connectivity index (χ0) is 17.6. The van der Waals surface area contributed by atoms with Gasteiger partial charge in [0.25, 0.3) is 5.91 Å². The van der Waals surface area contributed by atoms with Crippen LogP contribution >= 0.6 is 11.3 Å². The lowest BCUT2D eigenvalue weighted by atomic mass is 10.1. The molecule has 24 heavy (non-hydrogen) atoms. The van der Waals surface area contributed by atoms with Gasteiger partial charge in [0, 0.05) is 23.1 Å². The molecule has 0 unspecified atom stereocenters. The first-order valence-corrected chi connectivity index (χ1v) is 7.92. The van der Waals surface area contributed by atoms with E-state index in [0.29, 0.717) is 12.1 Å². The third-order valence-corrected chi connectivity index (χ3v) is 3.91. The summed E-state index contributed by atoms with van der Waals surface area (Å²) in [5.74, 6) is -0.533. The average molecular weight is 359 g/mol. The van der Waals surface area contributed by atoms with Crippen molar-refractivity contribution in [3.05, 3.63) is 40.2 Å². The fraction of sp³-hybridized carbons (Fsp3) is 0.333. The molecular weight excluding hydrogens is 343 g/mol. The summed E-state index contributed by atoms with van der Waals surface area (Å²) < 4.78 is 36.2. The summed E-state index contributed by atoms with van der Waals surface area (Å²) in [4.78, 5) is 21.0. The van der Waals surface area contributed by atoms with Gasteiger partial charge in [0.2, 0.25) is 0 Å². The van der Waals surface area contributed by atoms with Crippen molar-refractivity contribution in [1.29, 1.82) is 0 Å². The Morgan fingerprint density at radius 2 is 2.00 bits per heavy atom. The standard InChI is InChI=1S/C15H16F3N3O2S/c1-23-20-8-13-21-12(9-24-13)10-2-4-11(5-3-10)14(22)19-7-6-15(16,17)18/h2-5,9,20H,6-8H2,1H3,(H,19,22). The Morgan fingerprint density at radius 3 is 2.62 bits per heavy atom. The second-order valence-electron chi connectivity index (χ2n) is 4.85. The van der Waals surface area contributed by atoms with E-state index in [1.54, 1.807) is 24.3 Å². The molecule has 0 radical (unpaired) electrons. The van der Waals surface area contributed by atoms with Crippen LogP contribution in [0, 0.1) is 0 Å². The molecule has 1 heterocycles. The van der Waals surface area contributed by atoms with Gasteiger partial charge < -0.3 is 10.2 Å². The number of nitrogens with zero attached hydrogens (tertiary/aromatic N) is 1. The molecule has 130 valence electrons. The Labute approximate surface area is 140 Å². The first-order chi connectivity index (χ1) is 11.4. The molecule has 2 N–H and O–H groups in total. The quantitative estimate of drug-likeness (QED) is 0.746. The summed E-state index contributed by atoms with van der Waals surface area (Å²) in [5, 5.41) is 4.98. The Kier molecular flexibility index (Phi) is 6.29. The van der Waals surface area contributed by atoms with Crippen LogP contribution in [0.2, 0.25) is 0 Å². The Bertz CT molecular complexity index is 671. The van der Waals surface area contributed by atoms with Crippen molar-refractivity contribution in [3.8, 4) is 11.3 Å². The van der Waals surface area contributed by atoms with E-state index in [2.05, 4.69) is 15.8 Å². The predicted molar refractivity (Wildman–Crippen MR) is 84.4 cm³/mol. The number of carbonyl (C=O) groups excluding carboxylic acids is 1. The molecule has 5 nitrogen and oxygen atoms in total. The number of alkyl halides is 3. The summed E-state index contributed by atoms with van der Waals surface area (Å²) in [5.41, 5.74) is 4.58. The van der Waals surface area contributed by atoms with E-state index >= 15 is 0 Å². The topological polar surface area (TPSA) is 63.2 Å². The van der Waals surface area contributed by atoms with Gasteiger partial charge in [-0.3, -0.25) is 4.79 Å². The molecule has 9 heteroatoms. The third-order valence-electron chi connectivity index (χ3n) is 3.06. The van der Waals surface area contributed by atoms with E-state index in [1.165, 1.54) is 18.4 Å². The summed E-state index contributed by atoms with van der Waals surface area (Å²) in [6, 6.07) is 6.54. The number of rotatable bonds is 7. The van der Waals surface area contributed by atoms with Gasteiger partial charge in [0.15, 0.2) is 0 Å². The number of benzene rings is 1. The lowest BCUT2D eigenvalue weighted by Gasteiger charge is -2.08. The number of carbonyl (C=O) groups is 1. The van der Waals surface area contributed by atoms with Crippen LogP contribution in [0.25, 0.3) is 11.3 Å². The van der Waals surface area contributed by atoms with Crippen molar-refractivity contribution in [3.63, 3.8) is 0 Å². The van der Waals surface area contributed by atoms with Crippen LogP contribution in [-0.4, -0.2) is 30.7 Å². The molecular formula is C15H16F3N3O2S. The molecule has 1 aromatic heterocycles. The third kappa shape index (κ3) is 5.59. The predicted octanol–water partition coefficient (Wildman–Crippen LogP) is 3.14. The van der Waals surface area contributed by atoms with E-state index in [0.717, 1.165) is 16.3 Å². The fourth-order valence-corrected chi connectivity index (χ4v) is 2.60. The van der Waals surface area contributed by atoms with E-state index in [9.17, 15) is 18.0 Å². The molecule has 0 saturated carbocycles. The molecule has 0 aliphatic carbocycles. The summed E-state index contributed by atoms with van der Waals surface area (Å²) >= 11 is 1.47. The van der Waals surface area contributed by atoms with Gasteiger partial charge in [-0.1, -0.05) is 12.1 Å². The zero-order valence-electron chi connectivity index (χ0n) is 12.8. The van der Waals surface area contributed by atoms with Crippen LogP contribution in [0.1, 0.15) is 21.8 Å². The monoisotopic (exact) mass is 359 g/mol. The normalized spacial score (nSPS) is 11.5. The number of hydroxylamine groups is 1. The van der Waals surface area contributed by atoms with Crippen LogP contribution in [0.3, 0.4) is 0 Å². The van der Waals surface area contributed by atoms with E-state index in [-0.39, 0.29) is 0 Å². The number of hydrogen-bond acceptors (Lipinski definition) is 5. The molecule has 0 fully saturated rings. The molecule has 0 atom stereocenters. The molecule has 0 aliphatic rings. The highest BCUT2D eigenvalue weighted by atomic mass is 32.1. The first kappa shape index (κ1) is 18.4. The summed E-state index contributed by atoms with van der Waals surface area (Å²) in [6.07, 6.45) is -5.33. The van der Waals surface area contributed by atoms with Gasteiger partial charge in [0.1, 0.15) is 5.01 Å². The van der Waals surface area contributed by atoms with E-state index in [4.69, 9.17) is 4.84 Å². The number of halogens is 3. The van der Waals surface area contributed by atoms with Crippen molar-refractivity contribution in [2.45, 2.75) is 19.1 Å². The second-order valence-corrected chi connectivity index (χ2v) is 5.79. The van der Waals surface area contributed by atoms with Crippen LogP contribution in [0.4, 0.5) is 13.2 Å². The lowest BCUT2D eigenvalue weighted by molar-refractivity contribution is -0.132. The molecule has 1 amide bonds. The van der Waals surface area contributed by atoms with Gasteiger partial charge in [-0.25, -0.2) is 4.98 Å². The lowest BCUT2D eigenvalue weighted by Crippen LogP contribution is -2.27. The highest BCUT2D eigenvalue weighted by molar-refractivity contribution is 7.09. The maximum Gasteiger partial charge on any atom is 0.390 e. The van der Waals surface area contributed by atoms with Crippen molar-refractivity contribution < 1.29 is 22.8 Å². The van der Waals surface area contributed by atoms with Gasteiger partial charge >= 0.3 is 6.18 Å². The van der Waals surface area contributed by atoms with E-state index in [1.807, 2.05) is 5.38 Å². The molecule has 0 aliphatic heterocycles. The number of hydrogen-bond donors (Lipinski definition) is 2. The second kappa shape index (κ2) is 8.22. The average Bonchev–Trinajstić information content (AvgIpc) is 3.00. The minimum Gasteiger partial charge on any atom is -0.352 e. The van der Waals surface area contributed by atoms with Gasteiger partial charge in [-0.15, -0.1) is 11.3 Å². The highest BCUT2D eigenvalue weighted by Gasteiger charge is 2.26. The Morgan fingerprint density at radius 1 is 1.29 bits per heavy atom. The number of aromatic nitrogens is 1. The molecule has 0 spiro atoms. The van der Waals surface area contributed by atoms with Crippen LogP contribution in [0.15, 0.2) is 29.6 Å². The Hall–Kier alpha value is -1.97. The molecule has 2 rings (SSSR count). The zero-order valence-corrected chi connectivity index (χ0v) is 13.6. The minimum atomic E-state index is -4.28. The maximum absolute atomic E-state index is 12.1. The minimum absolute atomic E-state index is 0.303. The number of thiazole rings is 1. The van der Waals surface area contributed by atoms with Crippen molar-refractivity contribution in [2.75, 3.05) is 13.7 Å². The maximum atomic E-state index is 12.1. The molecule has 0 bridgehead atoms.